The van der Waals surface area contributed by atoms with Crippen LogP contribution in [0.5, 0.6) is 0 Å². The Hall–Kier alpha value is -4.46. The van der Waals surface area contributed by atoms with Crippen molar-refractivity contribution in [2.45, 2.75) is 67.5 Å². The van der Waals surface area contributed by atoms with Crippen molar-refractivity contribution in [1.29, 1.82) is 0 Å². The molecule has 0 saturated carbocycles. The number of ketones is 1. The molecule has 0 aliphatic rings. The molecule has 0 saturated heterocycles. The van der Waals surface area contributed by atoms with Crippen molar-refractivity contribution in [3.63, 3.8) is 0 Å². The number of nitrogens with zero attached hydrogens (tertiary/aromatic N) is 1. The van der Waals surface area contributed by atoms with Gasteiger partial charge in [-0.3, -0.25) is 4.79 Å². The zero-order valence-electron chi connectivity index (χ0n) is 30.8. The predicted octanol–water partition coefficient (Wildman–Crippen LogP) is 13.0. The van der Waals surface area contributed by atoms with E-state index >= 15 is 0 Å². The van der Waals surface area contributed by atoms with E-state index in [0.29, 0.717) is 10.9 Å². The summed E-state index contributed by atoms with van der Waals surface area (Å²) >= 11 is 0. The largest absolute Gasteiger partial charge is 0.511 e. The fourth-order valence-corrected chi connectivity index (χ4v) is 5.94. The van der Waals surface area contributed by atoms with Gasteiger partial charge in [-0.05, 0) is 82.0 Å². The number of fused-ring (bicyclic) bond motifs is 4. The Morgan fingerprint density at radius 3 is 1.96 bits per heavy atom. The average molecular weight is 904 g/mol. The van der Waals surface area contributed by atoms with E-state index in [4.69, 9.17) is 0 Å². The number of allylic oxidation sites excluding steroid dienone is 2. The summed E-state index contributed by atoms with van der Waals surface area (Å²) in [5.74, 6) is -4.55. The van der Waals surface area contributed by atoms with Crippen molar-refractivity contribution in [1.82, 2.24) is 4.98 Å². The molecule has 3 nitrogen and oxygen atoms in total. The first kappa shape index (κ1) is 41.3. The normalized spacial score (nSPS) is 12.7. The van der Waals surface area contributed by atoms with Crippen LogP contribution in [0.2, 0.25) is 0 Å². The molecule has 6 rings (SSSR count). The summed E-state index contributed by atoms with van der Waals surface area (Å²) in [6, 6.07) is 27.4. The molecule has 9 heteroatoms. The Kier molecular flexibility index (Phi) is 11.8. The van der Waals surface area contributed by atoms with Crippen LogP contribution in [-0.4, -0.2) is 26.8 Å². The number of aliphatic hydroxyl groups is 1. The average Bonchev–Trinajstić information content (AvgIpc) is 3.05. The Morgan fingerprint density at radius 2 is 1.36 bits per heavy atom. The molecule has 0 unspecified atom stereocenters. The van der Waals surface area contributed by atoms with E-state index in [1.807, 2.05) is 91.8 Å². The van der Waals surface area contributed by atoms with Crippen LogP contribution in [-0.2, 0) is 26.0 Å². The molecule has 0 aliphatic heterocycles. The van der Waals surface area contributed by atoms with E-state index in [0.717, 1.165) is 55.6 Å². The number of halogens is 5. The second-order valence-corrected chi connectivity index (χ2v) is 15.2. The molecule has 0 amide bonds. The molecule has 0 bridgehead atoms. The van der Waals surface area contributed by atoms with E-state index in [9.17, 15) is 31.9 Å². The Balaban J connectivity index is 0.000000386. The molecule has 5 aromatic carbocycles. The summed E-state index contributed by atoms with van der Waals surface area (Å²) in [4.78, 5) is 14.2. The summed E-state index contributed by atoms with van der Waals surface area (Å²) in [6.45, 7) is 15.4. The molecule has 1 aromatic heterocycles. The molecular formula is C44H42F5IrNO2. The Labute approximate surface area is 320 Å². The van der Waals surface area contributed by atoms with Crippen molar-refractivity contribution in [2.75, 3.05) is 0 Å². The predicted molar refractivity (Wildman–Crippen MR) is 202 cm³/mol. The monoisotopic (exact) mass is 904 g/mol. The minimum absolute atomic E-state index is 0. The quantitative estimate of drug-likeness (QED) is 0.0479. The van der Waals surface area contributed by atoms with Gasteiger partial charge in [-0.25, -0.2) is 0 Å². The van der Waals surface area contributed by atoms with Crippen LogP contribution < -0.4 is 0 Å². The van der Waals surface area contributed by atoms with Crippen molar-refractivity contribution in [3.05, 3.63) is 126 Å². The number of aromatic nitrogens is 1. The molecule has 2 N–H and O–H groups in total. The third kappa shape index (κ3) is 8.69. The van der Waals surface area contributed by atoms with Crippen LogP contribution in [0.4, 0.5) is 22.0 Å². The van der Waals surface area contributed by atoms with Gasteiger partial charge in [0.15, 0.2) is 0 Å². The molecule has 6 aromatic rings. The van der Waals surface area contributed by atoms with Gasteiger partial charge < -0.3 is 10.1 Å². The van der Waals surface area contributed by atoms with Gasteiger partial charge in [-0.15, -0.1) is 34.9 Å². The van der Waals surface area contributed by atoms with Crippen LogP contribution in [0, 0.1) is 30.7 Å². The van der Waals surface area contributed by atoms with Crippen LogP contribution in [0.25, 0.3) is 54.7 Å². The maximum Gasteiger partial charge on any atom is 0.458 e. The number of hydrogen-bond acceptors (Lipinski definition) is 2. The third-order valence-electron chi connectivity index (χ3n) is 8.90. The molecule has 1 heterocycles. The van der Waals surface area contributed by atoms with Gasteiger partial charge in [0.05, 0.1) is 11.5 Å². The number of rotatable bonds is 4. The van der Waals surface area contributed by atoms with E-state index in [1.54, 1.807) is 18.3 Å². The molecule has 0 atom stereocenters. The first-order valence-corrected chi connectivity index (χ1v) is 16.9. The van der Waals surface area contributed by atoms with E-state index < -0.39 is 17.7 Å². The molecule has 0 aliphatic carbocycles. The smallest absolute Gasteiger partial charge is 0.458 e. The van der Waals surface area contributed by atoms with Gasteiger partial charge >= 0.3 is 17.9 Å². The number of carbonyl (C=O) groups excluding carboxylic acids is 1. The van der Waals surface area contributed by atoms with Crippen molar-refractivity contribution in [2.24, 2.45) is 10.8 Å². The first-order chi connectivity index (χ1) is 24.1. The SMILES string of the molecule is CC(C)(C)C(=[OH+])/C=C(\O)C(C)(C)C.Cc1[c-]c(-c2nccc3c2ccc2cc(-c4ccc(C(F)(F)C(F)(F)F)c5ccccc45)ccc23)cc(C)c1.[Ir]. The summed E-state index contributed by atoms with van der Waals surface area (Å²) in [7, 11) is 0. The number of aliphatic hydroxyl groups excluding tert-OH is 1. The summed E-state index contributed by atoms with van der Waals surface area (Å²) in [6.07, 6.45) is -2.48. The fraction of sp³-hybridized carbons (Fsp3) is 0.273. The van der Waals surface area contributed by atoms with Gasteiger partial charge in [-0.2, -0.15) is 22.0 Å². The molecule has 53 heavy (non-hydrogen) atoms. The number of pyridine rings is 1. The third-order valence-corrected chi connectivity index (χ3v) is 8.90. The number of alkyl halides is 5. The van der Waals surface area contributed by atoms with Crippen molar-refractivity contribution >= 4 is 38.1 Å². The minimum Gasteiger partial charge on any atom is -0.511 e. The molecule has 0 spiro atoms. The summed E-state index contributed by atoms with van der Waals surface area (Å²) in [5.41, 5.74) is 3.53. The van der Waals surface area contributed by atoms with Crippen LogP contribution in [0.1, 0.15) is 58.2 Å². The van der Waals surface area contributed by atoms with Gasteiger partial charge in [0.2, 0.25) is 0 Å². The van der Waals surface area contributed by atoms with Crippen molar-refractivity contribution < 1.29 is 52.0 Å². The maximum atomic E-state index is 14.4. The first-order valence-electron chi connectivity index (χ1n) is 16.9. The zero-order valence-corrected chi connectivity index (χ0v) is 33.2. The second kappa shape index (κ2) is 15.1. The molecular weight excluding hydrogens is 862 g/mol. The number of hydrogen-bond donors (Lipinski definition) is 1. The molecule has 0 fully saturated rings. The second-order valence-electron chi connectivity index (χ2n) is 15.2. The number of benzene rings is 5. The van der Waals surface area contributed by atoms with Crippen LogP contribution in [0.15, 0.2) is 103 Å². The van der Waals surface area contributed by atoms with Crippen molar-refractivity contribution in [3.8, 4) is 22.4 Å². The van der Waals surface area contributed by atoms with Gasteiger partial charge in [0.25, 0.3) is 0 Å². The maximum absolute atomic E-state index is 14.4. The Bertz CT molecular complexity index is 2330. The fourth-order valence-electron chi connectivity index (χ4n) is 5.94. The zero-order chi connectivity index (χ0) is 38.4. The van der Waals surface area contributed by atoms with Gasteiger partial charge in [-0.1, -0.05) is 95.3 Å². The molecule has 279 valence electrons. The minimum atomic E-state index is -5.69. The van der Waals surface area contributed by atoms with Gasteiger partial charge in [0.1, 0.15) is 5.76 Å². The number of aryl methyl sites for hydroxylation is 2. The summed E-state index contributed by atoms with van der Waals surface area (Å²) < 4.78 is 68.3. The van der Waals surface area contributed by atoms with Crippen LogP contribution in [0.3, 0.4) is 0 Å². The Morgan fingerprint density at radius 1 is 0.717 bits per heavy atom. The van der Waals surface area contributed by atoms with E-state index in [-0.39, 0.29) is 47.9 Å². The molecule has 1 radical (unpaired) electrons. The topological polar surface area (TPSA) is 54.5 Å². The van der Waals surface area contributed by atoms with Gasteiger partial charge in [0, 0.05) is 37.3 Å². The van der Waals surface area contributed by atoms with Crippen LogP contribution >= 0.6 is 0 Å². The van der Waals surface area contributed by atoms with E-state index in [1.165, 1.54) is 24.3 Å². The standard InChI is InChI=1S/C33H21F5N.C11H20O2.Ir/c1-19-15-20(2)17-23(16-19)31-29-10-8-22-18-21(7-9-24(22)27(29)13-14-39-31)25-11-12-30(32(34,35)33(36,37)38)28-6-4-3-5-26(25)28;1-10(2,3)8(12)7-9(13)11(4,5)6;/h3-16,18H,1-2H3;7,12H,1-6H3;/q-1;;/p+1/b;8-7-;. The summed E-state index contributed by atoms with van der Waals surface area (Å²) in [5, 5.41) is 13.7. The van der Waals surface area contributed by atoms with E-state index in [2.05, 4.69) is 23.2 Å².